The Morgan fingerprint density at radius 3 is 2.50 bits per heavy atom. The van der Waals surface area contributed by atoms with Gasteiger partial charge < -0.3 is 4.90 Å². The molecule has 1 aromatic carbocycles. The molecule has 0 aliphatic carbocycles. The van der Waals surface area contributed by atoms with Crippen LogP contribution in [0, 0.1) is 0 Å². The second-order valence-electron chi connectivity index (χ2n) is 3.90. The summed E-state index contributed by atoms with van der Waals surface area (Å²) in [5.74, 6) is 0.0526. The number of alkyl halides is 1. The SMILES string of the molecule is CCC(C)N(Cc1ccccc1)C(=O)CCl. The monoisotopic (exact) mass is 239 g/mol. The first kappa shape index (κ1) is 13.0. The molecule has 0 N–H and O–H groups in total. The molecule has 0 saturated heterocycles. The van der Waals surface area contributed by atoms with Crippen LogP contribution in [0.3, 0.4) is 0 Å². The van der Waals surface area contributed by atoms with E-state index in [1.54, 1.807) is 0 Å². The molecule has 0 aliphatic rings. The maximum Gasteiger partial charge on any atom is 0.238 e. The molecule has 1 aromatic rings. The zero-order valence-corrected chi connectivity index (χ0v) is 10.6. The number of amides is 1. The molecular formula is C13H18ClNO. The van der Waals surface area contributed by atoms with Crippen LogP contribution in [-0.4, -0.2) is 22.7 Å². The molecule has 0 heterocycles. The summed E-state index contributed by atoms with van der Waals surface area (Å²) in [5.41, 5.74) is 1.14. The molecule has 0 aromatic heterocycles. The predicted octanol–water partition coefficient (Wildman–Crippen LogP) is 3.05. The van der Waals surface area contributed by atoms with Gasteiger partial charge in [0, 0.05) is 12.6 Å². The van der Waals surface area contributed by atoms with Gasteiger partial charge in [-0.15, -0.1) is 11.6 Å². The molecule has 1 atom stereocenters. The second kappa shape index (κ2) is 6.54. The first-order chi connectivity index (χ1) is 7.69. The lowest BCUT2D eigenvalue weighted by atomic mass is 10.1. The van der Waals surface area contributed by atoms with Crippen molar-refractivity contribution in [3.05, 3.63) is 35.9 Å². The van der Waals surface area contributed by atoms with E-state index in [4.69, 9.17) is 11.6 Å². The van der Waals surface area contributed by atoms with Crippen LogP contribution >= 0.6 is 11.6 Å². The molecular weight excluding hydrogens is 222 g/mol. The largest absolute Gasteiger partial charge is 0.335 e. The average Bonchev–Trinajstić information content (AvgIpc) is 2.35. The van der Waals surface area contributed by atoms with Gasteiger partial charge in [0.1, 0.15) is 5.88 Å². The summed E-state index contributed by atoms with van der Waals surface area (Å²) in [4.78, 5) is 13.5. The van der Waals surface area contributed by atoms with Crippen LogP contribution < -0.4 is 0 Å². The minimum atomic E-state index is -0.000121. The number of benzene rings is 1. The number of nitrogens with zero attached hydrogens (tertiary/aromatic N) is 1. The minimum absolute atomic E-state index is 0.000121. The zero-order valence-electron chi connectivity index (χ0n) is 9.82. The Balaban J connectivity index is 2.75. The topological polar surface area (TPSA) is 20.3 Å². The number of hydrogen-bond acceptors (Lipinski definition) is 1. The van der Waals surface area contributed by atoms with E-state index >= 15 is 0 Å². The summed E-state index contributed by atoms with van der Waals surface area (Å²) < 4.78 is 0. The summed E-state index contributed by atoms with van der Waals surface area (Å²) >= 11 is 5.62. The molecule has 0 spiro atoms. The molecule has 16 heavy (non-hydrogen) atoms. The molecule has 0 aliphatic heterocycles. The van der Waals surface area contributed by atoms with E-state index in [0.717, 1.165) is 12.0 Å². The van der Waals surface area contributed by atoms with Crippen molar-refractivity contribution in [2.45, 2.75) is 32.9 Å². The van der Waals surface area contributed by atoms with Gasteiger partial charge in [0.25, 0.3) is 0 Å². The van der Waals surface area contributed by atoms with E-state index in [0.29, 0.717) is 6.54 Å². The van der Waals surface area contributed by atoms with Crippen molar-refractivity contribution in [3.8, 4) is 0 Å². The molecule has 0 radical (unpaired) electrons. The van der Waals surface area contributed by atoms with Gasteiger partial charge in [0.15, 0.2) is 0 Å². The molecule has 0 fully saturated rings. The summed E-state index contributed by atoms with van der Waals surface area (Å²) in [6.45, 7) is 4.76. The van der Waals surface area contributed by atoms with Gasteiger partial charge in [0.2, 0.25) is 5.91 Å². The lowest BCUT2D eigenvalue weighted by Crippen LogP contribution is -2.38. The number of hydrogen-bond donors (Lipinski definition) is 0. The molecule has 1 rings (SSSR count). The lowest BCUT2D eigenvalue weighted by molar-refractivity contribution is -0.131. The third-order valence-electron chi connectivity index (χ3n) is 2.75. The Morgan fingerprint density at radius 1 is 1.38 bits per heavy atom. The van der Waals surface area contributed by atoms with Crippen LogP contribution in [0.2, 0.25) is 0 Å². The van der Waals surface area contributed by atoms with E-state index in [9.17, 15) is 4.79 Å². The molecule has 2 nitrogen and oxygen atoms in total. The van der Waals surface area contributed by atoms with Crippen molar-refractivity contribution in [2.75, 3.05) is 5.88 Å². The maximum absolute atomic E-state index is 11.7. The van der Waals surface area contributed by atoms with Crippen LogP contribution in [0.1, 0.15) is 25.8 Å². The molecule has 3 heteroatoms. The van der Waals surface area contributed by atoms with Crippen LogP contribution in [0.25, 0.3) is 0 Å². The number of rotatable bonds is 5. The summed E-state index contributed by atoms with van der Waals surface area (Å²) in [6.07, 6.45) is 0.940. The zero-order chi connectivity index (χ0) is 12.0. The van der Waals surface area contributed by atoms with Gasteiger partial charge in [-0.3, -0.25) is 4.79 Å². The fraction of sp³-hybridized carbons (Fsp3) is 0.462. The van der Waals surface area contributed by atoms with Crippen molar-refractivity contribution >= 4 is 17.5 Å². The first-order valence-corrected chi connectivity index (χ1v) is 6.11. The highest BCUT2D eigenvalue weighted by atomic mass is 35.5. The number of halogens is 1. The Kier molecular flexibility index (Phi) is 5.33. The Bertz CT molecular complexity index is 326. The van der Waals surface area contributed by atoms with E-state index in [2.05, 4.69) is 6.92 Å². The molecule has 0 saturated carbocycles. The fourth-order valence-corrected chi connectivity index (χ4v) is 1.72. The van der Waals surface area contributed by atoms with Crippen molar-refractivity contribution in [3.63, 3.8) is 0 Å². The fourth-order valence-electron chi connectivity index (χ4n) is 1.57. The van der Waals surface area contributed by atoms with E-state index < -0.39 is 0 Å². The summed E-state index contributed by atoms with van der Waals surface area (Å²) in [5, 5.41) is 0. The molecule has 88 valence electrons. The average molecular weight is 240 g/mol. The summed E-state index contributed by atoms with van der Waals surface area (Å²) in [7, 11) is 0. The standard InChI is InChI=1S/C13H18ClNO/c1-3-11(2)15(13(16)9-14)10-12-7-5-4-6-8-12/h4-8,11H,3,9-10H2,1-2H3. The van der Waals surface area contributed by atoms with Crippen molar-refractivity contribution in [1.82, 2.24) is 4.90 Å². The third kappa shape index (κ3) is 3.53. The smallest absolute Gasteiger partial charge is 0.238 e. The van der Waals surface area contributed by atoms with Gasteiger partial charge in [-0.1, -0.05) is 37.3 Å². The van der Waals surface area contributed by atoms with Crippen LogP contribution in [0.15, 0.2) is 30.3 Å². The Morgan fingerprint density at radius 2 is 2.00 bits per heavy atom. The maximum atomic E-state index is 11.7. The van der Waals surface area contributed by atoms with E-state index in [1.807, 2.05) is 42.2 Å². The number of carbonyl (C=O) groups excluding carboxylic acids is 1. The van der Waals surface area contributed by atoms with Gasteiger partial charge in [-0.25, -0.2) is 0 Å². The highest BCUT2D eigenvalue weighted by Crippen LogP contribution is 2.11. The molecule has 1 amide bonds. The lowest BCUT2D eigenvalue weighted by Gasteiger charge is -2.28. The normalized spacial score (nSPS) is 12.2. The van der Waals surface area contributed by atoms with Crippen LogP contribution in [0.5, 0.6) is 0 Å². The van der Waals surface area contributed by atoms with Gasteiger partial charge in [-0.2, -0.15) is 0 Å². The van der Waals surface area contributed by atoms with E-state index in [1.165, 1.54) is 0 Å². The van der Waals surface area contributed by atoms with Crippen LogP contribution in [0.4, 0.5) is 0 Å². The highest BCUT2D eigenvalue weighted by molar-refractivity contribution is 6.27. The van der Waals surface area contributed by atoms with Crippen LogP contribution in [-0.2, 0) is 11.3 Å². The Labute approximate surface area is 102 Å². The van der Waals surface area contributed by atoms with Gasteiger partial charge in [-0.05, 0) is 18.9 Å². The minimum Gasteiger partial charge on any atom is -0.335 e. The first-order valence-electron chi connectivity index (χ1n) is 5.58. The quantitative estimate of drug-likeness (QED) is 0.724. The van der Waals surface area contributed by atoms with Gasteiger partial charge in [0.05, 0.1) is 0 Å². The highest BCUT2D eigenvalue weighted by Gasteiger charge is 2.17. The molecule has 0 bridgehead atoms. The summed E-state index contributed by atoms with van der Waals surface area (Å²) in [6, 6.07) is 10.2. The van der Waals surface area contributed by atoms with Gasteiger partial charge >= 0.3 is 0 Å². The predicted molar refractivity (Wildman–Crippen MR) is 67.5 cm³/mol. The van der Waals surface area contributed by atoms with Crippen molar-refractivity contribution in [2.24, 2.45) is 0 Å². The van der Waals surface area contributed by atoms with Crippen molar-refractivity contribution in [1.29, 1.82) is 0 Å². The molecule has 1 unspecified atom stereocenters. The number of carbonyl (C=O) groups is 1. The van der Waals surface area contributed by atoms with E-state index in [-0.39, 0.29) is 17.8 Å². The van der Waals surface area contributed by atoms with Crippen molar-refractivity contribution < 1.29 is 4.79 Å². The second-order valence-corrected chi connectivity index (χ2v) is 4.17. The third-order valence-corrected chi connectivity index (χ3v) is 2.98. The Hall–Kier alpha value is -1.02.